The van der Waals surface area contributed by atoms with Gasteiger partial charge in [0.25, 0.3) is 0 Å². The third kappa shape index (κ3) is 4.47. The van der Waals surface area contributed by atoms with Gasteiger partial charge in [0.1, 0.15) is 11.6 Å². The number of anilines is 1. The van der Waals surface area contributed by atoms with Crippen molar-refractivity contribution < 1.29 is 4.74 Å². The lowest BCUT2D eigenvalue weighted by molar-refractivity contribution is 0.325. The first-order valence-corrected chi connectivity index (χ1v) is 7.75. The largest absolute Gasteiger partial charge is 0.478 e. The van der Waals surface area contributed by atoms with Gasteiger partial charge in [-0.1, -0.05) is 0 Å². The van der Waals surface area contributed by atoms with E-state index in [0.29, 0.717) is 18.3 Å². The predicted molar refractivity (Wildman–Crippen MR) is 82.2 cm³/mol. The van der Waals surface area contributed by atoms with Gasteiger partial charge in [0, 0.05) is 17.5 Å². The summed E-state index contributed by atoms with van der Waals surface area (Å²) in [6.45, 7) is 5.26. The average molecular weight is 342 g/mol. The van der Waals surface area contributed by atoms with Crippen LogP contribution in [-0.2, 0) is 6.42 Å². The summed E-state index contributed by atoms with van der Waals surface area (Å²) >= 11 is 5.22. The third-order valence-corrected chi connectivity index (χ3v) is 4.10. The Hall–Kier alpha value is -1.14. The highest BCUT2D eigenvalue weighted by atomic mass is 79.9. The van der Waals surface area contributed by atoms with Crippen molar-refractivity contribution in [2.75, 3.05) is 18.5 Å². The lowest BCUT2D eigenvalue weighted by atomic mass is 10.3. The molecule has 2 rings (SSSR count). The molecule has 19 heavy (non-hydrogen) atoms. The first-order valence-electron chi connectivity index (χ1n) is 6.14. The number of ether oxygens (including phenoxy) is 1. The number of aryl methyl sites for hydroxylation is 1. The summed E-state index contributed by atoms with van der Waals surface area (Å²) in [5.74, 6) is 2.15. The van der Waals surface area contributed by atoms with Crippen molar-refractivity contribution in [3.8, 4) is 5.88 Å². The Kier molecular flexibility index (Phi) is 5.15. The molecule has 0 radical (unpaired) electrons. The zero-order valence-electron chi connectivity index (χ0n) is 10.9. The van der Waals surface area contributed by atoms with Gasteiger partial charge in [-0.2, -0.15) is 4.98 Å². The maximum absolute atomic E-state index is 5.40. The van der Waals surface area contributed by atoms with E-state index in [1.807, 2.05) is 19.9 Å². The van der Waals surface area contributed by atoms with Crippen LogP contribution in [-0.4, -0.2) is 23.1 Å². The van der Waals surface area contributed by atoms with E-state index in [9.17, 15) is 0 Å². The number of rotatable bonds is 6. The fourth-order valence-electron chi connectivity index (χ4n) is 1.65. The van der Waals surface area contributed by atoms with Gasteiger partial charge >= 0.3 is 0 Å². The van der Waals surface area contributed by atoms with Crippen LogP contribution in [0.5, 0.6) is 5.88 Å². The SMILES string of the molecule is CCOc1cc(NCCc2ccc(Br)s2)nc(C)n1. The molecule has 1 N–H and O–H groups in total. The Balaban J connectivity index is 1.91. The molecule has 0 saturated carbocycles. The number of nitrogens with zero attached hydrogens (tertiary/aromatic N) is 2. The molecule has 0 fully saturated rings. The maximum Gasteiger partial charge on any atom is 0.218 e. The topological polar surface area (TPSA) is 47.0 Å². The Morgan fingerprint density at radius 3 is 2.89 bits per heavy atom. The van der Waals surface area contributed by atoms with Gasteiger partial charge in [0.15, 0.2) is 0 Å². The standard InChI is InChI=1S/C13H16BrN3OS/c1-3-18-13-8-12(16-9(2)17-13)15-7-6-10-4-5-11(14)19-10/h4-5,8H,3,6-7H2,1-2H3,(H,15,16,17). The summed E-state index contributed by atoms with van der Waals surface area (Å²) in [7, 11) is 0. The molecule has 0 atom stereocenters. The van der Waals surface area contributed by atoms with Crippen LogP contribution in [0.1, 0.15) is 17.6 Å². The Labute approximate surface area is 125 Å². The summed E-state index contributed by atoms with van der Waals surface area (Å²) in [6.07, 6.45) is 0.975. The van der Waals surface area contributed by atoms with E-state index in [1.54, 1.807) is 11.3 Å². The van der Waals surface area contributed by atoms with E-state index < -0.39 is 0 Å². The predicted octanol–water partition coefficient (Wildman–Crippen LogP) is 3.66. The molecule has 0 aromatic carbocycles. The van der Waals surface area contributed by atoms with Gasteiger partial charge in [-0.15, -0.1) is 11.3 Å². The number of hydrogen-bond acceptors (Lipinski definition) is 5. The summed E-state index contributed by atoms with van der Waals surface area (Å²) in [5, 5.41) is 3.30. The minimum atomic E-state index is 0.610. The first-order chi connectivity index (χ1) is 9.17. The second kappa shape index (κ2) is 6.86. The molecule has 0 spiro atoms. The fraction of sp³-hybridized carbons (Fsp3) is 0.385. The lowest BCUT2D eigenvalue weighted by Crippen LogP contribution is -2.07. The fourth-order valence-corrected chi connectivity index (χ4v) is 3.14. The molecule has 2 aromatic heterocycles. The molecule has 0 aliphatic rings. The van der Waals surface area contributed by atoms with E-state index in [-0.39, 0.29) is 0 Å². The lowest BCUT2D eigenvalue weighted by Gasteiger charge is -2.08. The molecule has 0 aliphatic carbocycles. The van der Waals surface area contributed by atoms with Crippen LogP contribution >= 0.6 is 27.3 Å². The van der Waals surface area contributed by atoms with E-state index in [1.165, 1.54) is 8.66 Å². The molecular weight excluding hydrogens is 326 g/mol. The molecule has 2 aromatic rings. The van der Waals surface area contributed by atoms with Gasteiger partial charge in [-0.05, 0) is 48.3 Å². The van der Waals surface area contributed by atoms with Gasteiger partial charge < -0.3 is 10.1 Å². The zero-order chi connectivity index (χ0) is 13.7. The minimum absolute atomic E-state index is 0.610. The van der Waals surface area contributed by atoms with E-state index in [0.717, 1.165) is 18.8 Å². The molecule has 4 nitrogen and oxygen atoms in total. The van der Waals surface area contributed by atoms with Crippen molar-refractivity contribution in [1.82, 2.24) is 9.97 Å². The molecule has 102 valence electrons. The zero-order valence-corrected chi connectivity index (χ0v) is 13.3. The average Bonchev–Trinajstić information content (AvgIpc) is 2.75. The maximum atomic E-state index is 5.40. The number of halogens is 1. The number of aromatic nitrogens is 2. The van der Waals surface area contributed by atoms with Gasteiger partial charge in [-0.25, -0.2) is 4.98 Å². The van der Waals surface area contributed by atoms with Crippen molar-refractivity contribution in [3.05, 3.63) is 32.7 Å². The Morgan fingerprint density at radius 1 is 1.37 bits per heavy atom. The van der Waals surface area contributed by atoms with Crippen LogP contribution in [0.25, 0.3) is 0 Å². The minimum Gasteiger partial charge on any atom is -0.478 e. The van der Waals surface area contributed by atoms with Crippen LogP contribution in [0.3, 0.4) is 0 Å². The number of hydrogen-bond donors (Lipinski definition) is 1. The highest BCUT2D eigenvalue weighted by molar-refractivity contribution is 9.11. The van der Waals surface area contributed by atoms with Crippen molar-refractivity contribution >= 4 is 33.1 Å². The van der Waals surface area contributed by atoms with Gasteiger partial charge in [0.05, 0.1) is 10.4 Å². The number of nitrogens with one attached hydrogen (secondary N) is 1. The van der Waals surface area contributed by atoms with Crippen LogP contribution in [0, 0.1) is 6.92 Å². The summed E-state index contributed by atoms with van der Waals surface area (Å²) in [6, 6.07) is 6.04. The van der Waals surface area contributed by atoms with Gasteiger partial charge in [0.2, 0.25) is 5.88 Å². The molecule has 0 saturated heterocycles. The Morgan fingerprint density at radius 2 is 2.21 bits per heavy atom. The quantitative estimate of drug-likeness (QED) is 0.870. The molecular formula is C13H16BrN3OS. The molecule has 0 aliphatic heterocycles. The second-order valence-corrected chi connectivity index (χ2v) is 6.50. The third-order valence-electron chi connectivity index (χ3n) is 2.41. The van der Waals surface area contributed by atoms with Crippen LogP contribution in [0.15, 0.2) is 22.0 Å². The molecule has 6 heteroatoms. The van der Waals surface area contributed by atoms with Crippen molar-refractivity contribution in [3.63, 3.8) is 0 Å². The van der Waals surface area contributed by atoms with Crippen molar-refractivity contribution in [2.24, 2.45) is 0 Å². The van der Waals surface area contributed by atoms with Crippen LogP contribution in [0.2, 0.25) is 0 Å². The summed E-state index contributed by atoms with van der Waals surface area (Å²) in [5.41, 5.74) is 0. The Bertz CT molecular complexity index is 544. The van der Waals surface area contributed by atoms with Crippen molar-refractivity contribution in [1.29, 1.82) is 0 Å². The van der Waals surface area contributed by atoms with E-state index in [2.05, 4.69) is 43.3 Å². The van der Waals surface area contributed by atoms with E-state index >= 15 is 0 Å². The first kappa shape index (κ1) is 14.3. The highest BCUT2D eigenvalue weighted by Gasteiger charge is 2.03. The monoisotopic (exact) mass is 341 g/mol. The van der Waals surface area contributed by atoms with Crippen LogP contribution in [0.4, 0.5) is 5.82 Å². The molecule has 0 unspecified atom stereocenters. The second-order valence-electron chi connectivity index (χ2n) is 3.95. The molecule has 0 amide bonds. The van der Waals surface area contributed by atoms with Crippen LogP contribution < -0.4 is 10.1 Å². The number of thiophene rings is 1. The van der Waals surface area contributed by atoms with Crippen molar-refractivity contribution in [2.45, 2.75) is 20.3 Å². The summed E-state index contributed by atoms with van der Waals surface area (Å²) < 4.78 is 6.57. The normalized spacial score (nSPS) is 10.5. The molecule has 0 bridgehead atoms. The summed E-state index contributed by atoms with van der Waals surface area (Å²) in [4.78, 5) is 9.90. The smallest absolute Gasteiger partial charge is 0.218 e. The van der Waals surface area contributed by atoms with E-state index in [4.69, 9.17) is 4.74 Å². The van der Waals surface area contributed by atoms with Gasteiger partial charge in [-0.3, -0.25) is 0 Å². The molecule has 2 heterocycles. The highest BCUT2D eigenvalue weighted by Crippen LogP contribution is 2.22.